The van der Waals surface area contributed by atoms with E-state index < -0.39 is 21.7 Å². The average Bonchev–Trinajstić information content (AvgIpc) is 2.62. The van der Waals surface area contributed by atoms with E-state index in [1.165, 1.54) is 24.3 Å². The molecule has 0 unspecified atom stereocenters. The van der Waals surface area contributed by atoms with Crippen molar-refractivity contribution < 1.29 is 22.7 Å². The van der Waals surface area contributed by atoms with E-state index in [2.05, 4.69) is 15.1 Å². The summed E-state index contributed by atoms with van der Waals surface area (Å²) in [7, 11) is -3.89. The number of ether oxygens (including phenoxy) is 2. The first-order valence-corrected chi connectivity index (χ1v) is 10.2. The Hall–Kier alpha value is -3.14. The molecule has 0 atom stereocenters. The molecule has 0 aliphatic rings. The smallest absolute Gasteiger partial charge is 0.407 e. The van der Waals surface area contributed by atoms with Crippen molar-refractivity contribution in [2.45, 2.75) is 37.7 Å². The van der Waals surface area contributed by atoms with Gasteiger partial charge in [0.05, 0.1) is 4.90 Å². The van der Waals surface area contributed by atoms with Gasteiger partial charge in [-0.2, -0.15) is 8.42 Å². The molecule has 2 aromatic rings. The molecule has 0 aliphatic carbocycles. The van der Waals surface area contributed by atoms with Gasteiger partial charge in [-0.15, -0.1) is 0 Å². The van der Waals surface area contributed by atoms with Crippen molar-refractivity contribution in [3.05, 3.63) is 54.1 Å². The Morgan fingerprint density at radius 2 is 1.59 bits per heavy atom. The van der Waals surface area contributed by atoms with Crippen molar-refractivity contribution in [2.24, 2.45) is 15.6 Å². The second kappa shape index (κ2) is 9.37. The molecule has 0 saturated heterocycles. The van der Waals surface area contributed by atoms with Crippen molar-refractivity contribution >= 4 is 16.1 Å². The van der Waals surface area contributed by atoms with E-state index in [1.807, 2.05) is 32.9 Å². The topological polar surface area (TPSA) is 132 Å². The fraction of sp³-hybridized carbons (Fsp3) is 0.316. The highest BCUT2D eigenvalue weighted by molar-refractivity contribution is 7.90. The minimum atomic E-state index is -3.89. The molecule has 29 heavy (non-hydrogen) atoms. The van der Waals surface area contributed by atoms with E-state index in [4.69, 9.17) is 15.3 Å². The summed E-state index contributed by atoms with van der Waals surface area (Å²) in [6, 6.07) is 13.1. The molecule has 2 rings (SSSR count). The molecule has 0 aromatic heterocycles. The maximum Gasteiger partial charge on any atom is 0.407 e. The molecular formula is C19H24N4O5S. The van der Waals surface area contributed by atoms with Crippen LogP contribution in [0.2, 0.25) is 0 Å². The van der Waals surface area contributed by atoms with E-state index in [1.54, 1.807) is 12.1 Å². The third-order valence-corrected chi connectivity index (χ3v) is 4.69. The molecule has 0 aliphatic heterocycles. The third kappa shape index (κ3) is 7.41. The van der Waals surface area contributed by atoms with Crippen molar-refractivity contribution in [2.75, 3.05) is 6.54 Å². The average molecular weight is 420 g/mol. The maximum atomic E-state index is 11.7. The zero-order valence-corrected chi connectivity index (χ0v) is 17.3. The van der Waals surface area contributed by atoms with Gasteiger partial charge in [0.1, 0.15) is 17.1 Å². The summed E-state index contributed by atoms with van der Waals surface area (Å²) in [5, 5.41) is 5.51. The lowest BCUT2D eigenvalue weighted by atomic mass is 10.1. The number of alkyl carbamates (subject to hydrolysis) is 1. The first kappa shape index (κ1) is 22.2. The van der Waals surface area contributed by atoms with Crippen LogP contribution in [-0.2, 0) is 21.2 Å². The minimum absolute atomic E-state index is 0.0353. The van der Waals surface area contributed by atoms with Gasteiger partial charge in [-0.3, -0.25) is 0 Å². The molecule has 156 valence electrons. The maximum absolute atomic E-state index is 11.7. The number of carbonyl (C=O) groups excluding carboxylic acids is 1. The molecule has 0 fully saturated rings. The van der Waals surface area contributed by atoms with Gasteiger partial charge in [-0.25, -0.2) is 4.79 Å². The van der Waals surface area contributed by atoms with E-state index in [-0.39, 0.29) is 4.90 Å². The fourth-order valence-electron chi connectivity index (χ4n) is 2.27. The van der Waals surface area contributed by atoms with Crippen LogP contribution in [0.15, 0.2) is 63.2 Å². The van der Waals surface area contributed by atoms with Gasteiger partial charge in [0.2, 0.25) is 0 Å². The van der Waals surface area contributed by atoms with Crippen LogP contribution in [0.5, 0.6) is 11.5 Å². The first-order chi connectivity index (χ1) is 13.6. The monoisotopic (exact) mass is 420 g/mol. The Morgan fingerprint density at radius 3 is 2.10 bits per heavy atom. The van der Waals surface area contributed by atoms with Gasteiger partial charge in [0, 0.05) is 6.54 Å². The van der Waals surface area contributed by atoms with Gasteiger partial charge >= 0.3 is 16.1 Å². The molecule has 0 bridgehead atoms. The van der Waals surface area contributed by atoms with Gasteiger partial charge < -0.3 is 20.6 Å². The van der Waals surface area contributed by atoms with E-state index in [0.717, 1.165) is 5.56 Å². The van der Waals surface area contributed by atoms with Gasteiger partial charge in [-0.05, 0) is 73.7 Å². The lowest BCUT2D eigenvalue weighted by molar-refractivity contribution is 0.0528. The molecule has 3 N–H and O–H groups in total. The molecule has 0 radical (unpaired) electrons. The van der Waals surface area contributed by atoms with Crippen LogP contribution in [0.3, 0.4) is 0 Å². The van der Waals surface area contributed by atoms with E-state index in [9.17, 15) is 13.2 Å². The summed E-state index contributed by atoms with van der Waals surface area (Å²) < 4.78 is 37.3. The van der Waals surface area contributed by atoms with Crippen molar-refractivity contribution in [3.8, 4) is 11.5 Å². The number of nitrogens with two attached hydrogens (primary N) is 1. The van der Waals surface area contributed by atoms with Gasteiger partial charge in [0.25, 0.3) is 0 Å². The number of carbonyl (C=O) groups is 1. The van der Waals surface area contributed by atoms with E-state index >= 15 is 0 Å². The molecule has 0 spiro atoms. The standard InChI is InChI=1S/C19H24N4O5S/c1-19(2,3)28-18(24)21-13-12-14-4-6-15(7-5-14)27-16-8-10-17(11-9-16)29(25,26)23-22-20/h4-11H,12-13H2,1-3H3,(H2,20,23)(H,21,24). The highest BCUT2D eigenvalue weighted by atomic mass is 32.2. The Bertz CT molecular complexity index is 950. The zero-order chi connectivity index (χ0) is 21.5. The van der Waals surface area contributed by atoms with Crippen molar-refractivity contribution in [1.29, 1.82) is 0 Å². The highest BCUT2D eigenvalue weighted by Gasteiger charge is 2.15. The number of benzene rings is 2. The Kier molecular flexibility index (Phi) is 7.16. The van der Waals surface area contributed by atoms with Crippen LogP contribution >= 0.6 is 0 Å². The second-order valence-electron chi connectivity index (χ2n) is 7.07. The van der Waals surface area contributed by atoms with Crippen LogP contribution in [0.4, 0.5) is 4.79 Å². The highest BCUT2D eigenvalue weighted by Crippen LogP contribution is 2.24. The zero-order valence-electron chi connectivity index (χ0n) is 16.5. The SMILES string of the molecule is CC(C)(C)OC(=O)NCCc1ccc(Oc2ccc(S(=O)(=O)N=NN)cc2)cc1. The number of rotatable bonds is 7. The number of sulfonamides is 1. The third-order valence-electron chi connectivity index (χ3n) is 3.52. The predicted molar refractivity (Wildman–Crippen MR) is 107 cm³/mol. The van der Waals surface area contributed by atoms with Crippen molar-refractivity contribution in [3.63, 3.8) is 0 Å². The van der Waals surface area contributed by atoms with Crippen LogP contribution in [0.1, 0.15) is 26.3 Å². The van der Waals surface area contributed by atoms with Crippen LogP contribution in [-0.4, -0.2) is 26.7 Å². The summed E-state index contributed by atoms with van der Waals surface area (Å²) in [5.74, 6) is 5.85. The summed E-state index contributed by atoms with van der Waals surface area (Å²) in [6.07, 6.45) is 0.192. The molecule has 0 saturated carbocycles. The summed E-state index contributed by atoms with van der Waals surface area (Å²) in [6.45, 7) is 5.88. The van der Waals surface area contributed by atoms with E-state index in [0.29, 0.717) is 24.5 Å². The predicted octanol–water partition coefficient (Wildman–Crippen LogP) is 3.56. The number of hydrogen-bond acceptors (Lipinski definition) is 6. The van der Waals surface area contributed by atoms with Crippen LogP contribution in [0.25, 0.3) is 0 Å². The number of nitrogens with zero attached hydrogens (tertiary/aromatic N) is 2. The number of hydrogen-bond donors (Lipinski definition) is 2. The summed E-state index contributed by atoms with van der Waals surface area (Å²) in [5.41, 5.74) is 0.488. The molecular weight excluding hydrogens is 396 g/mol. The Balaban J connectivity index is 1.88. The molecule has 9 nitrogen and oxygen atoms in total. The molecule has 0 heterocycles. The molecule has 10 heteroatoms. The number of amides is 1. The summed E-state index contributed by atoms with van der Waals surface area (Å²) >= 11 is 0. The molecule has 1 amide bonds. The van der Waals surface area contributed by atoms with Gasteiger partial charge in [-0.1, -0.05) is 17.4 Å². The largest absolute Gasteiger partial charge is 0.457 e. The lowest BCUT2D eigenvalue weighted by Gasteiger charge is -2.19. The fourth-order valence-corrected chi connectivity index (χ4v) is 2.97. The van der Waals surface area contributed by atoms with Crippen LogP contribution < -0.4 is 15.9 Å². The lowest BCUT2D eigenvalue weighted by Crippen LogP contribution is -2.33. The van der Waals surface area contributed by atoms with Crippen LogP contribution in [0, 0.1) is 0 Å². The normalized spacial score (nSPS) is 12.0. The second-order valence-corrected chi connectivity index (χ2v) is 8.65. The Morgan fingerprint density at radius 1 is 1.03 bits per heavy atom. The molecule has 2 aromatic carbocycles. The quantitative estimate of drug-likeness (QED) is 0.400. The first-order valence-electron chi connectivity index (χ1n) is 8.80. The Labute approximate surface area is 169 Å². The van der Waals surface area contributed by atoms with Gasteiger partial charge in [0.15, 0.2) is 0 Å². The van der Waals surface area contributed by atoms with Crippen molar-refractivity contribution in [1.82, 2.24) is 5.32 Å². The number of nitrogens with one attached hydrogen (secondary N) is 1. The minimum Gasteiger partial charge on any atom is -0.457 e. The summed E-state index contributed by atoms with van der Waals surface area (Å²) in [4.78, 5) is 11.6.